The molecule has 2 heterocycles. The van der Waals surface area contributed by atoms with Crippen LogP contribution in [0.25, 0.3) is 0 Å². The van der Waals surface area contributed by atoms with Gasteiger partial charge >= 0.3 is 0 Å². The van der Waals surface area contributed by atoms with E-state index in [-0.39, 0.29) is 24.4 Å². The average molecular weight is 266 g/mol. The summed E-state index contributed by atoms with van der Waals surface area (Å²) in [7, 11) is 0. The van der Waals surface area contributed by atoms with Crippen LogP contribution in [-0.2, 0) is 9.47 Å². The average Bonchev–Trinajstić information content (AvgIpc) is 2.93. The molecule has 4 heteroatoms. The van der Waals surface area contributed by atoms with Crippen molar-refractivity contribution in [1.29, 1.82) is 0 Å². The van der Waals surface area contributed by atoms with Gasteiger partial charge in [-0.05, 0) is 18.9 Å². The van der Waals surface area contributed by atoms with Crippen molar-refractivity contribution in [2.75, 3.05) is 0 Å². The molecule has 106 valence electrons. The Kier molecular flexibility index (Phi) is 5.00. The summed E-state index contributed by atoms with van der Waals surface area (Å²) in [5.41, 5.74) is 0. The molecule has 0 spiro atoms. The van der Waals surface area contributed by atoms with Crippen molar-refractivity contribution in [3.8, 4) is 12.3 Å². The molecule has 2 aliphatic heterocycles. The zero-order chi connectivity index (χ0) is 13.8. The van der Waals surface area contributed by atoms with E-state index in [1.807, 2.05) is 13.0 Å². The minimum atomic E-state index is -0.492. The van der Waals surface area contributed by atoms with Crippen LogP contribution in [0.3, 0.4) is 0 Å². The van der Waals surface area contributed by atoms with E-state index in [1.165, 1.54) is 0 Å². The molecule has 0 unspecified atom stereocenters. The van der Waals surface area contributed by atoms with Crippen LogP contribution < -0.4 is 0 Å². The predicted molar refractivity (Wildman–Crippen MR) is 71.5 cm³/mol. The number of hydrogen-bond donors (Lipinski definition) is 2. The molecular weight excluding hydrogens is 244 g/mol. The van der Waals surface area contributed by atoms with Crippen molar-refractivity contribution in [2.45, 2.75) is 69.2 Å². The molecule has 2 fully saturated rings. The fraction of sp³-hybridized carbons (Fsp3) is 0.733. The van der Waals surface area contributed by atoms with Crippen LogP contribution >= 0.6 is 0 Å². The topological polar surface area (TPSA) is 58.9 Å². The van der Waals surface area contributed by atoms with Crippen molar-refractivity contribution in [3.63, 3.8) is 0 Å². The first-order valence-electron chi connectivity index (χ1n) is 6.93. The van der Waals surface area contributed by atoms with Gasteiger partial charge in [-0.15, -0.1) is 6.42 Å². The zero-order valence-corrected chi connectivity index (χ0v) is 11.2. The van der Waals surface area contributed by atoms with E-state index in [1.54, 1.807) is 6.08 Å². The van der Waals surface area contributed by atoms with Crippen LogP contribution in [0.4, 0.5) is 0 Å². The van der Waals surface area contributed by atoms with Gasteiger partial charge < -0.3 is 19.7 Å². The van der Waals surface area contributed by atoms with E-state index < -0.39 is 12.2 Å². The van der Waals surface area contributed by atoms with E-state index in [9.17, 15) is 10.2 Å². The summed E-state index contributed by atoms with van der Waals surface area (Å²) < 4.78 is 11.6. The van der Waals surface area contributed by atoms with Gasteiger partial charge in [0.25, 0.3) is 0 Å². The number of aliphatic hydroxyl groups excluding tert-OH is 2. The first-order chi connectivity index (χ1) is 9.15. The molecule has 0 aromatic heterocycles. The predicted octanol–water partition coefficient (Wildman–Crippen LogP) is 1.01. The summed E-state index contributed by atoms with van der Waals surface area (Å²) in [5, 5.41) is 19.8. The van der Waals surface area contributed by atoms with E-state index in [2.05, 4.69) is 5.92 Å². The van der Waals surface area contributed by atoms with Gasteiger partial charge in [0, 0.05) is 12.8 Å². The second-order valence-corrected chi connectivity index (χ2v) is 5.25. The molecular formula is C15H22O4. The summed E-state index contributed by atoms with van der Waals surface area (Å²) >= 11 is 0. The molecule has 2 aliphatic rings. The zero-order valence-electron chi connectivity index (χ0n) is 11.2. The number of hydrogen-bond acceptors (Lipinski definition) is 4. The van der Waals surface area contributed by atoms with Gasteiger partial charge in [-0.25, -0.2) is 0 Å². The van der Waals surface area contributed by atoms with E-state index in [0.29, 0.717) is 19.3 Å². The molecule has 2 N–H and O–H groups in total. The molecule has 19 heavy (non-hydrogen) atoms. The van der Waals surface area contributed by atoms with Crippen molar-refractivity contribution < 1.29 is 19.7 Å². The normalized spacial score (nSPS) is 42.8. The fourth-order valence-corrected chi connectivity index (χ4v) is 2.85. The smallest absolute Gasteiger partial charge is 0.0874 e. The Labute approximate surface area is 114 Å². The van der Waals surface area contributed by atoms with Crippen molar-refractivity contribution in [1.82, 2.24) is 0 Å². The lowest BCUT2D eigenvalue weighted by Gasteiger charge is -2.19. The molecule has 0 radical (unpaired) electrons. The molecule has 0 saturated carbocycles. The summed E-state index contributed by atoms with van der Waals surface area (Å²) in [6.07, 6.45) is 9.63. The molecule has 2 rings (SSSR count). The Morgan fingerprint density at radius 1 is 1.16 bits per heavy atom. The molecule has 0 aromatic carbocycles. The standard InChI is InChI=1S/C15H22O4/c1-3-5-6-7-13-11(17)9-15(19-13)14-8-10(16)12(4-2)18-14/h1,5-6,10-17H,4,7-9H2,2H3/b6-5-/t10-,11+,12-,13+,14-,15+/m1/s1. The lowest BCUT2D eigenvalue weighted by atomic mass is 10.0. The number of allylic oxidation sites excluding steroid dienone is 1. The Hall–Kier alpha value is -0.860. The van der Waals surface area contributed by atoms with Gasteiger partial charge in [0.1, 0.15) is 0 Å². The third kappa shape index (κ3) is 3.37. The Morgan fingerprint density at radius 2 is 1.74 bits per heavy atom. The maximum atomic E-state index is 9.98. The second kappa shape index (κ2) is 6.53. The Balaban J connectivity index is 1.87. The van der Waals surface area contributed by atoms with Crippen molar-refractivity contribution in [2.24, 2.45) is 0 Å². The van der Waals surface area contributed by atoms with Crippen molar-refractivity contribution in [3.05, 3.63) is 12.2 Å². The van der Waals surface area contributed by atoms with Crippen LogP contribution in [-0.4, -0.2) is 46.8 Å². The molecule has 0 bridgehead atoms. The van der Waals surface area contributed by atoms with Gasteiger partial charge in [0.15, 0.2) is 0 Å². The summed E-state index contributed by atoms with van der Waals surface area (Å²) in [5.74, 6) is 2.42. The third-order valence-electron chi connectivity index (χ3n) is 3.90. The van der Waals surface area contributed by atoms with Crippen LogP contribution in [0.15, 0.2) is 12.2 Å². The second-order valence-electron chi connectivity index (χ2n) is 5.25. The fourth-order valence-electron chi connectivity index (χ4n) is 2.85. The summed E-state index contributed by atoms with van der Waals surface area (Å²) in [4.78, 5) is 0. The van der Waals surface area contributed by atoms with Gasteiger partial charge in [0.05, 0.1) is 36.6 Å². The monoisotopic (exact) mass is 266 g/mol. The maximum absolute atomic E-state index is 9.98. The highest BCUT2D eigenvalue weighted by molar-refractivity contribution is 5.09. The number of terminal acetylenes is 1. The summed E-state index contributed by atoms with van der Waals surface area (Å²) in [6.45, 7) is 1.99. The first kappa shape index (κ1) is 14.5. The van der Waals surface area contributed by atoms with E-state index in [0.717, 1.165) is 6.42 Å². The van der Waals surface area contributed by atoms with E-state index >= 15 is 0 Å². The van der Waals surface area contributed by atoms with Gasteiger partial charge in [0.2, 0.25) is 0 Å². The molecule has 2 saturated heterocycles. The molecule has 0 aromatic rings. The minimum absolute atomic E-state index is 0.105. The van der Waals surface area contributed by atoms with Crippen LogP contribution in [0.1, 0.15) is 32.6 Å². The van der Waals surface area contributed by atoms with E-state index in [4.69, 9.17) is 15.9 Å². The molecule has 6 atom stereocenters. The largest absolute Gasteiger partial charge is 0.390 e. The Morgan fingerprint density at radius 3 is 2.26 bits per heavy atom. The third-order valence-corrected chi connectivity index (χ3v) is 3.90. The quantitative estimate of drug-likeness (QED) is 0.746. The SMILES string of the molecule is C#C/C=C\C[C@@H]1O[C@H]([C@H]2C[C@@H](O)[C@@H](CC)O2)C[C@@H]1O. The van der Waals surface area contributed by atoms with Gasteiger partial charge in [-0.3, -0.25) is 0 Å². The minimum Gasteiger partial charge on any atom is -0.390 e. The maximum Gasteiger partial charge on any atom is 0.0874 e. The van der Waals surface area contributed by atoms with Crippen molar-refractivity contribution >= 4 is 0 Å². The highest BCUT2D eigenvalue weighted by atomic mass is 16.6. The lowest BCUT2D eigenvalue weighted by molar-refractivity contribution is -0.0732. The molecule has 0 amide bonds. The highest BCUT2D eigenvalue weighted by Gasteiger charge is 2.43. The van der Waals surface area contributed by atoms with Crippen LogP contribution in [0.2, 0.25) is 0 Å². The molecule has 4 nitrogen and oxygen atoms in total. The number of aliphatic hydroxyl groups is 2. The summed E-state index contributed by atoms with van der Waals surface area (Å²) in [6, 6.07) is 0. The lowest BCUT2D eigenvalue weighted by Crippen LogP contribution is -2.26. The number of rotatable bonds is 4. The Bertz CT molecular complexity index is 360. The molecule has 0 aliphatic carbocycles. The first-order valence-corrected chi connectivity index (χ1v) is 6.93. The van der Waals surface area contributed by atoms with Crippen LogP contribution in [0, 0.1) is 12.3 Å². The van der Waals surface area contributed by atoms with Crippen LogP contribution in [0.5, 0.6) is 0 Å². The van der Waals surface area contributed by atoms with Gasteiger partial charge in [-0.1, -0.05) is 18.9 Å². The van der Waals surface area contributed by atoms with Gasteiger partial charge in [-0.2, -0.15) is 0 Å². The highest BCUT2D eigenvalue weighted by Crippen LogP contribution is 2.33. The number of ether oxygens (including phenoxy) is 2.